The summed E-state index contributed by atoms with van der Waals surface area (Å²) < 4.78 is 49.5. The second kappa shape index (κ2) is 6.06. The van der Waals surface area contributed by atoms with Gasteiger partial charge in [0.15, 0.2) is 0 Å². The third-order valence-electron chi connectivity index (χ3n) is 2.09. The van der Waals surface area contributed by atoms with Gasteiger partial charge in [-0.05, 0) is 18.1 Å². The molecule has 0 amide bonds. The molecule has 1 aromatic rings. The van der Waals surface area contributed by atoms with Crippen LogP contribution in [0.5, 0.6) is 0 Å². The van der Waals surface area contributed by atoms with Crippen LogP contribution >= 0.6 is 12.4 Å². The van der Waals surface area contributed by atoms with E-state index in [-0.39, 0.29) is 24.4 Å². The summed E-state index contributed by atoms with van der Waals surface area (Å²) in [6.07, 6.45) is -4.54. The Bertz CT molecular complexity index is 327. The number of alkyl halides is 4. The average molecular weight is 258 g/mol. The van der Waals surface area contributed by atoms with Crippen LogP contribution in [-0.4, -0.2) is 6.67 Å². The van der Waals surface area contributed by atoms with Gasteiger partial charge in [0.1, 0.15) is 0 Å². The van der Waals surface area contributed by atoms with E-state index in [0.717, 1.165) is 6.07 Å². The van der Waals surface area contributed by atoms with Gasteiger partial charge in [-0.3, -0.25) is 4.39 Å². The Morgan fingerprint density at radius 1 is 1.19 bits per heavy atom. The SMILES string of the molecule is Cl.N[C@H](CCF)c1ccccc1C(F)(F)F. The Balaban J connectivity index is 0.00000225. The van der Waals surface area contributed by atoms with Crippen molar-refractivity contribution in [2.45, 2.75) is 18.6 Å². The molecule has 0 unspecified atom stereocenters. The van der Waals surface area contributed by atoms with Crippen molar-refractivity contribution in [2.24, 2.45) is 5.73 Å². The van der Waals surface area contributed by atoms with Crippen LogP contribution in [0.3, 0.4) is 0 Å². The summed E-state index contributed by atoms with van der Waals surface area (Å²) in [4.78, 5) is 0. The predicted molar refractivity (Wildman–Crippen MR) is 56.2 cm³/mol. The molecule has 1 atom stereocenters. The molecule has 16 heavy (non-hydrogen) atoms. The molecular weight excluding hydrogens is 246 g/mol. The standard InChI is InChI=1S/C10H11F4N.ClH/c11-6-5-9(15)7-3-1-2-4-8(7)10(12,13)14;/h1-4,9H,5-6,15H2;1H/t9-;/m1./s1. The van der Waals surface area contributed by atoms with Gasteiger partial charge in [0.05, 0.1) is 12.2 Å². The van der Waals surface area contributed by atoms with Crippen LogP contribution in [0.1, 0.15) is 23.6 Å². The highest BCUT2D eigenvalue weighted by molar-refractivity contribution is 5.85. The van der Waals surface area contributed by atoms with E-state index in [1.54, 1.807) is 0 Å². The lowest BCUT2D eigenvalue weighted by atomic mass is 9.99. The maximum Gasteiger partial charge on any atom is 0.416 e. The van der Waals surface area contributed by atoms with Crippen LogP contribution < -0.4 is 5.73 Å². The fraction of sp³-hybridized carbons (Fsp3) is 0.400. The van der Waals surface area contributed by atoms with Gasteiger partial charge >= 0.3 is 6.18 Å². The largest absolute Gasteiger partial charge is 0.416 e. The maximum absolute atomic E-state index is 12.5. The van der Waals surface area contributed by atoms with Gasteiger partial charge in [0.25, 0.3) is 0 Å². The minimum Gasteiger partial charge on any atom is -0.324 e. The molecule has 0 saturated carbocycles. The van der Waals surface area contributed by atoms with E-state index in [4.69, 9.17) is 5.73 Å². The van der Waals surface area contributed by atoms with Crippen molar-refractivity contribution < 1.29 is 17.6 Å². The summed E-state index contributed by atoms with van der Waals surface area (Å²) in [6.45, 7) is -0.729. The van der Waals surface area contributed by atoms with E-state index in [1.807, 2.05) is 0 Å². The van der Waals surface area contributed by atoms with Crippen LogP contribution in [0, 0.1) is 0 Å². The van der Waals surface area contributed by atoms with Gasteiger partial charge in [0, 0.05) is 6.04 Å². The topological polar surface area (TPSA) is 26.0 Å². The molecule has 0 bridgehead atoms. The molecule has 1 aromatic carbocycles. The monoisotopic (exact) mass is 257 g/mol. The van der Waals surface area contributed by atoms with Crippen LogP contribution in [-0.2, 0) is 6.18 Å². The molecule has 92 valence electrons. The molecule has 0 spiro atoms. The smallest absolute Gasteiger partial charge is 0.324 e. The first-order valence-corrected chi connectivity index (χ1v) is 4.44. The summed E-state index contributed by atoms with van der Waals surface area (Å²) in [5.74, 6) is 0. The van der Waals surface area contributed by atoms with Gasteiger partial charge in [-0.2, -0.15) is 13.2 Å². The van der Waals surface area contributed by atoms with Crippen molar-refractivity contribution in [1.82, 2.24) is 0 Å². The van der Waals surface area contributed by atoms with Gasteiger partial charge < -0.3 is 5.73 Å². The minimum absolute atomic E-state index is 0. The summed E-state index contributed by atoms with van der Waals surface area (Å²) in [5, 5.41) is 0. The number of halogens is 5. The predicted octanol–water partition coefficient (Wildman–Crippen LogP) is 3.49. The van der Waals surface area contributed by atoms with E-state index in [2.05, 4.69) is 0 Å². The van der Waals surface area contributed by atoms with Crippen LogP contribution in [0.15, 0.2) is 24.3 Å². The number of rotatable bonds is 3. The van der Waals surface area contributed by atoms with Gasteiger partial charge in [-0.25, -0.2) is 0 Å². The molecule has 0 aliphatic carbocycles. The first-order valence-electron chi connectivity index (χ1n) is 4.44. The molecule has 0 heterocycles. The molecule has 6 heteroatoms. The first kappa shape index (κ1) is 15.2. The second-order valence-electron chi connectivity index (χ2n) is 3.17. The van der Waals surface area contributed by atoms with Gasteiger partial charge in [0.2, 0.25) is 0 Å². The van der Waals surface area contributed by atoms with Gasteiger partial charge in [-0.1, -0.05) is 18.2 Å². The zero-order valence-corrected chi connectivity index (χ0v) is 9.11. The normalized spacial score (nSPS) is 13.1. The maximum atomic E-state index is 12.5. The van der Waals surface area contributed by atoms with Crippen LogP contribution in [0.25, 0.3) is 0 Å². The quantitative estimate of drug-likeness (QED) is 0.824. The third-order valence-corrected chi connectivity index (χ3v) is 2.09. The highest BCUT2D eigenvalue weighted by atomic mass is 35.5. The molecule has 0 aromatic heterocycles. The zero-order chi connectivity index (χ0) is 11.5. The molecule has 0 aliphatic heterocycles. The number of hydrogen-bond acceptors (Lipinski definition) is 1. The van der Waals surface area contributed by atoms with Crippen molar-refractivity contribution in [3.8, 4) is 0 Å². The van der Waals surface area contributed by atoms with Crippen molar-refractivity contribution in [1.29, 1.82) is 0 Å². The van der Waals surface area contributed by atoms with Crippen molar-refractivity contribution in [3.63, 3.8) is 0 Å². The molecule has 1 rings (SSSR count). The third kappa shape index (κ3) is 3.64. The molecule has 0 radical (unpaired) electrons. The fourth-order valence-electron chi connectivity index (χ4n) is 1.35. The van der Waals surface area contributed by atoms with Crippen LogP contribution in [0.2, 0.25) is 0 Å². The van der Waals surface area contributed by atoms with E-state index in [1.165, 1.54) is 18.2 Å². The molecule has 2 N–H and O–H groups in total. The van der Waals surface area contributed by atoms with E-state index in [9.17, 15) is 17.6 Å². The van der Waals surface area contributed by atoms with Gasteiger partial charge in [-0.15, -0.1) is 12.4 Å². The summed E-state index contributed by atoms with van der Waals surface area (Å²) in [6, 6.07) is 4.07. The molecule has 1 nitrogen and oxygen atoms in total. The Morgan fingerprint density at radius 2 is 1.75 bits per heavy atom. The zero-order valence-electron chi connectivity index (χ0n) is 8.30. The Labute approximate surface area is 97.0 Å². The second-order valence-corrected chi connectivity index (χ2v) is 3.17. The lowest BCUT2D eigenvalue weighted by molar-refractivity contribution is -0.138. The lowest BCUT2D eigenvalue weighted by Gasteiger charge is -2.16. The molecule has 0 saturated heterocycles. The average Bonchev–Trinajstić information content (AvgIpc) is 2.17. The first-order chi connectivity index (χ1) is 6.96. The summed E-state index contributed by atoms with van der Waals surface area (Å²) in [7, 11) is 0. The highest BCUT2D eigenvalue weighted by Crippen LogP contribution is 2.34. The van der Waals surface area contributed by atoms with Crippen molar-refractivity contribution in [2.75, 3.05) is 6.67 Å². The van der Waals surface area contributed by atoms with E-state index < -0.39 is 24.5 Å². The minimum atomic E-state index is -4.44. The van der Waals surface area contributed by atoms with Crippen molar-refractivity contribution in [3.05, 3.63) is 35.4 Å². The lowest BCUT2D eigenvalue weighted by Crippen LogP contribution is -2.17. The highest BCUT2D eigenvalue weighted by Gasteiger charge is 2.34. The summed E-state index contributed by atoms with van der Waals surface area (Å²) in [5.41, 5.74) is 4.62. The molecular formula is C10H12ClF4N. The van der Waals surface area contributed by atoms with Crippen molar-refractivity contribution >= 4 is 12.4 Å². The summed E-state index contributed by atoms with van der Waals surface area (Å²) >= 11 is 0. The number of nitrogens with two attached hydrogens (primary N) is 1. The van der Waals surface area contributed by atoms with E-state index >= 15 is 0 Å². The number of benzene rings is 1. The van der Waals surface area contributed by atoms with Crippen LogP contribution in [0.4, 0.5) is 17.6 Å². The van der Waals surface area contributed by atoms with E-state index in [0.29, 0.717) is 0 Å². The molecule has 0 fully saturated rings. The number of hydrogen-bond donors (Lipinski definition) is 1. The molecule has 0 aliphatic rings. The fourth-order valence-corrected chi connectivity index (χ4v) is 1.35. The Morgan fingerprint density at radius 3 is 2.25 bits per heavy atom. The Kier molecular flexibility index (Phi) is 5.75. The Hall–Kier alpha value is -0.810.